The van der Waals surface area contributed by atoms with Crippen molar-refractivity contribution in [1.82, 2.24) is 5.32 Å². The molecule has 0 unspecified atom stereocenters. The van der Waals surface area contributed by atoms with Crippen LogP contribution in [-0.2, 0) is 10.2 Å². The van der Waals surface area contributed by atoms with Gasteiger partial charge in [-0.1, -0.05) is 54.6 Å². The zero-order chi connectivity index (χ0) is 18.1. The number of allylic oxidation sites excluding steroid dienone is 1. The van der Waals surface area contributed by atoms with Crippen LogP contribution in [0.3, 0.4) is 0 Å². The van der Waals surface area contributed by atoms with Gasteiger partial charge < -0.3 is 5.32 Å². The number of carbonyl (C=O) groups is 1. The zero-order valence-electron chi connectivity index (χ0n) is 13.6. The summed E-state index contributed by atoms with van der Waals surface area (Å²) in [6, 6.07) is 14.8. The summed E-state index contributed by atoms with van der Waals surface area (Å²) in [5.74, 6) is -0.621. The Morgan fingerprint density at radius 2 is 1.56 bits per heavy atom. The van der Waals surface area contributed by atoms with Gasteiger partial charge in [0.05, 0.1) is 0 Å². The largest absolute Gasteiger partial charge is 0.405 e. The smallest absolute Gasteiger partial charge is 0.346 e. The number of fused-ring (bicyclic) bond motifs is 3. The standard InChI is InChI=1S/C20H18F3NO/c1-2-3-12-19(18(25)24-13-20(21,22)23)16-10-6-4-8-14(16)15-9-5-7-11-17(15)19/h2,4-11H,1,3,12-13H2,(H,24,25). The molecule has 0 heterocycles. The van der Waals surface area contributed by atoms with Crippen LogP contribution in [0, 0.1) is 0 Å². The molecule has 0 aliphatic heterocycles. The monoisotopic (exact) mass is 345 g/mol. The summed E-state index contributed by atoms with van der Waals surface area (Å²) in [6.45, 7) is 2.36. The van der Waals surface area contributed by atoms with Gasteiger partial charge in [0.2, 0.25) is 5.91 Å². The van der Waals surface area contributed by atoms with Crippen LogP contribution in [-0.4, -0.2) is 18.6 Å². The summed E-state index contributed by atoms with van der Waals surface area (Å²) in [7, 11) is 0. The molecule has 5 heteroatoms. The van der Waals surface area contributed by atoms with Crippen LogP contribution in [0.1, 0.15) is 24.0 Å². The van der Waals surface area contributed by atoms with Gasteiger partial charge in [0.15, 0.2) is 0 Å². The van der Waals surface area contributed by atoms with Gasteiger partial charge in [-0.05, 0) is 35.1 Å². The molecule has 0 bridgehead atoms. The molecule has 2 aromatic rings. The SMILES string of the molecule is C=CCCC1(C(=O)NCC(F)(F)F)c2ccccc2-c2ccccc21. The Morgan fingerprint density at radius 3 is 2.04 bits per heavy atom. The first-order valence-electron chi connectivity index (χ1n) is 8.05. The highest BCUT2D eigenvalue weighted by Gasteiger charge is 2.48. The normalized spacial score (nSPS) is 14.5. The van der Waals surface area contributed by atoms with E-state index in [-0.39, 0.29) is 0 Å². The van der Waals surface area contributed by atoms with Gasteiger partial charge in [0.1, 0.15) is 12.0 Å². The lowest BCUT2D eigenvalue weighted by Crippen LogP contribution is -2.47. The second-order valence-electron chi connectivity index (χ2n) is 6.12. The van der Waals surface area contributed by atoms with Crippen molar-refractivity contribution >= 4 is 5.91 Å². The van der Waals surface area contributed by atoms with Crippen LogP contribution in [0.5, 0.6) is 0 Å². The molecule has 3 rings (SSSR count). The molecular formula is C20H18F3NO. The Hall–Kier alpha value is -2.56. The molecule has 0 atom stereocenters. The lowest BCUT2D eigenvalue weighted by Gasteiger charge is -2.30. The van der Waals surface area contributed by atoms with Crippen molar-refractivity contribution in [3.05, 3.63) is 72.3 Å². The summed E-state index contributed by atoms with van der Waals surface area (Å²) >= 11 is 0. The molecule has 1 amide bonds. The number of hydrogen-bond acceptors (Lipinski definition) is 1. The average Bonchev–Trinajstić information content (AvgIpc) is 2.89. The summed E-state index contributed by atoms with van der Waals surface area (Å²) < 4.78 is 37.9. The number of rotatable bonds is 5. The number of benzene rings is 2. The maximum absolute atomic E-state index is 13.0. The minimum Gasteiger partial charge on any atom is -0.346 e. The topological polar surface area (TPSA) is 29.1 Å². The highest BCUT2D eigenvalue weighted by Crippen LogP contribution is 2.51. The molecular weight excluding hydrogens is 327 g/mol. The van der Waals surface area contributed by atoms with E-state index in [4.69, 9.17) is 0 Å². The zero-order valence-corrected chi connectivity index (χ0v) is 13.6. The van der Waals surface area contributed by atoms with Crippen LogP contribution >= 0.6 is 0 Å². The molecule has 0 saturated carbocycles. The van der Waals surface area contributed by atoms with Crippen LogP contribution < -0.4 is 5.32 Å². The first kappa shape index (κ1) is 17.3. The third kappa shape index (κ3) is 2.95. The molecule has 2 aromatic carbocycles. The molecule has 0 saturated heterocycles. The van der Waals surface area contributed by atoms with E-state index in [0.717, 1.165) is 22.3 Å². The van der Waals surface area contributed by atoms with E-state index in [1.165, 1.54) is 0 Å². The van der Waals surface area contributed by atoms with Crippen LogP contribution in [0.2, 0.25) is 0 Å². The first-order chi connectivity index (χ1) is 11.9. The molecule has 25 heavy (non-hydrogen) atoms. The molecule has 1 aliphatic rings. The van der Waals surface area contributed by atoms with E-state index in [2.05, 4.69) is 11.9 Å². The summed E-state index contributed by atoms with van der Waals surface area (Å²) in [5.41, 5.74) is 2.15. The molecule has 0 spiro atoms. The molecule has 2 nitrogen and oxygen atoms in total. The summed E-state index contributed by atoms with van der Waals surface area (Å²) in [4.78, 5) is 13.0. The second kappa shape index (κ2) is 6.39. The van der Waals surface area contributed by atoms with Crippen LogP contribution in [0.4, 0.5) is 13.2 Å². The van der Waals surface area contributed by atoms with Crippen molar-refractivity contribution in [2.75, 3.05) is 6.54 Å². The lowest BCUT2D eigenvalue weighted by atomic mass is 9.73. The van der Waals surface area contributed by atoms with Crippen molar-refractivity contribution in [2.45, 2.75) is 24.4 Å². The molecule has 0 fully saturated rings. The van der Waals surface area contributed by atoms with Gasteiger partial charge in [0, 0.05) is 0 Å². The van der Waals surface area contributed by atoms with E-state index in [9.17, 15) is 18.0 Å². The predicted molar refractivity (Wildman–Crippen MR) is 91.2 cm³/mol. The predicted octanol–water partition coefficient (Wildman–Crippen LogP) is 4.60. The minimum absolute atomic E-state index is 0.369. The Balaban J connectivity index is 2.14. The van der Waals surface area contributed by atoms with Crippen molar-refractivity contribution in [1.29, 1.82) is 0 Å². The number of hydrogen-bond donors (Lipinski definition) is 1. The maximum atomic E-state index is 13.0. The number of carbonyl (C=O) groups excluding carboxylic acids is 1. The lowest BCUT2D eigenvalue weighted by molar-refractivity contribution is -0.141. The quantitative estimate of drug-likeness (QED) is 0.789. The summed E-state index contributed by atoms with van der Waals surface area (Å²) in [6.07, 6.45) is -1.88. The van der Waals surface area contributed by atoms with Crippen molar-refractivity contribution in [3.63, 3.8) is 0 Å². The van der Waals surface area contributed by atoms with E-state index in [1.54, 1.807) is 6.08 Å². The molecule has 0 aromatic heterocycles. The van der Waals surface area contributed by atoms with Gasteiger partial charge in [-0.2, -0.15) is 13.2 Å². The number of amides is 1. The highest BCUT2D eigenvalue weighted by molar-refractivity contribution is 6.00. The Morgan fingerprint density at radius 1 is 1.04 bits per heavy atom. The van der Waals surface area contributed by atoms with Crippen LogP contribution in [0.25, 0.3) is 11.1 Å². The summed E-state index contributed by atoms with van der Waals surface area (Å²) in [5, 5.41) is 2.10. The number of halogens is 3. The van der Waals surface area contributed by atoms with Crippen LogP contribution in [0.15, 0.2) is 61.2 Å². The fourth-order valence-electron chi connectivity index (χ4n) is 3.60. The van der Waals surface area contributed by atoms with E-state index in [1.807, 2.05) is 48.5 Å². The van der Waals surface area contributed by atoms with Crippen molar-refractivity contribution in [3.8, 4) is 11.1 Å². The number of alkyl halides is 3. The second-order valence-corrected chi connectivity index (χ2v) is 6.12. The Labute approximate surface area is 144 Å². The van der Waals surface area contributed by atoms with Crippen molar-refractivity contribution < 1.29 is 18.0 Å². The minimum atomic E-state index is -4.45. The van der Waals surface area contributed by atoms with E-state index < -0.39 is 24.0 Å². The fraction of sp³-hybridized carbons (Fsp3) is 0.250. The van der Waals surface area contributed by atoms with E-state index >= 15 is 0 Å². The first-order valence-corrected chi connectivity index (χ1v) is 8.05. The number of nitrogens with one attached hydrogen (secondary N) is 1. The third-order valence-electron chi connectivity index (χ3n) is 4.62. The Bertz CT molecular complexity index is 765. The van der Waals surface area contributed by atoms with Gasteiger partial charge in [-0.25, -0.2) is 0 Å². The molecule has 1 N–H and O–H groups in total. The maximum Gasteiger partial charge on any atom is 0.405 e. The third-order valence-corrected chi connectivity index (χ3v) is 4.62. The Kier molecular flexibility index (Phi) is 4.41. The van der Waals surface area contributed by atoms with Crippen molar-refractivity contribution in [2.24, 2.45) is 0 Å². The van der Waals surface area contributed by atoms with Gasteiger partial charge >= 0.3 is 6.18 Å². The van der Waals surface area contributed by atoms with E-state index in [0.29, 0.717) is 12.8 Å². The molecule has 0 radical (unpaired) electrons. The van der Waals surface area contributed by atoms with Gasteiger partial charge in [-0.15, -0.1) is 6.58 Å². The fourth-order valence-corrected chi connectivity index (χ4v) is 3.60. The highest BCUT2D eigenvalue weighted by atomic mass is 19.4. The van der Waals surface area contributed by atoms with Gasteiger partial charge in [0.25, 0.3) is 0 Å². The average molecular weight is 345 g/mol. The molecule has 1 aliphatic carbocycles. The molecule has 130 valence electrons. The van der Waals surface area contributed by atoms with Gasteiger partial charge in [-0.3, -0.25) is 4.79 Å².